The van der Waals surface area contributed by atoms with Gasteiger partial charge in [0, 0.05) is 50.7 Å². The normalized spacial score (nSPS) is 14.3. The van der Waals surface area contributed by atoms with Gasteiger partial charge in [-0.15, -0.1) is 0 Å². The first-order valence-corrected chi connectivity index (χ1v) is 8.79. The van der Waals surface area contributed by atoms with E-state index in [0.717, 1.165) is 35.6 Å². The van der Waals surface area contributed by atoms with Crippen LogP contribution >= 0.6 is 0 Å². The first-order valence-electron chi connectivity index (χ1n) is 8.79. The van der Waals surface area contributed by atoms with E-state index < -0.39 is 0 Å². The minimum atomic E-state index is -0.221. The molecule has 1 fully saturated rings. The number of aromatic nitrogens is 1. The van der Waals surface area contributed by atoms with Crippen molar-refractivity contribution in [3.05, 3.63) is 53.3 Å². The Morgan fingerprint density at radius 3 is 2.42 bits per heavy atom. The van der Waals surface area contributed by atoms with Crippen LogP contribution in [0.25, 0.3) is 0 Å². The smallest absolute Gasteiger partial charge is 0.274 e. The maximum atomic E-state index is 12.6. The number of nitrogens with zero attached hydrogens (tertiary/aromatic N) is 3. The fourth-order valence-electron chi connectivity index (χ4n) is 3.16. The van der Waals surface area contributed by atoms with Gasteiger partial charge in [0.05, 0.1) is 0 Å². The van der Waals surface area contributed by atoms with E-state index >= 15 is 0 Å². The van der Waals surface area contributed by atoms with Crippen LogP contribution in [0.3, 0.4) is 0 Å². The summed E-state index contributed by atoms with van der Waals surface area (Å²) in [5, 5.41) is 2.93. The molecule has 6 nitrogen and oxygen atoms in total. The van der Waals surface area contributed by atoms with Crippen LogP contribution in [0.5, 0.6) is 0 Å². The highest BCUT2D eigenvalue weighted by Crippen LogP contribution is 2.20. The molecule has 1 aliphatic rings. The predicted molar refractivity (Wildman–Crippen MR) is 103 cm³/mol. The SMILES string of the molecule is CC(=O)N1CCN(c2ccnc(C(=O)Nc3ccc(C)cc3C)c2)CC1. The number of hydrogen-bond donors (Lipinski definition) is 1. The molecule has 0 unspecified atom stereocenters. The number of anilines is 2. The third-order valence-electron chi connectivity index (χ3n) is 4.70. The topological polar surface area (TPSA) is 65.5 Å². The van der Waals surface area contributed by atoms with Crippen LogP contribution < -0.4 is 10.2 Å². The Morgan fingerprint density at radius 2 is 1.77 bits per heavy atom. The molecule has 2 aromatic rings. The van der Waals surface area contributed by atoms with Crippen molar-refractivity contribution in [2.24, 2.45) is 0 Å². The lowest BCUT2D eigenvalue weighted by Gasteiger charge is -2.35. The monoisotopic (exact) mass is 352 g/mol. The number of amides is 2. The van der Waals surface area contributed by atoms with Crippen LogP contribution in [0.4, 0.5) is 11.4 Å². The second-order valence-electron chi connectivity index (χ2n) is 6.66. The molecule has 136 valence electrons. The highest BCUT2D eigenvalue weighted by molar-refractivity contribution is 6.03. The Hall–Kier alpha value is -2.89. The van der Waals surface area contributed by atoms with Crippen molar-refractivity contribution in [3.8, 4) is 0 Å². The van der Waals surface area contributed by atoms with Gasteiger partial charge < -0.3 is 15.1 Å². The zero-order chi connectivity index (χ0) is 18.7. The van der Waals surface area contributed by atoms with Gasteiger partial charge in [0.15, 0.2) is 0 Å². The molecule has 26 heavy (non-hydrogen) atoms. The summed E-state index contributed by atoms with van der Waals surface area (Å²) in [7, 11) is 0. The summed E-state index contributed by atoms with van der Waals surface area (Å²) < 4.78 is 0. The second kappa shape index (κ2) is 7.56. The largest absolute Gasteiger partial charge is 0.368 e. The van der Waals surface area contributed by atoms with Gasteiger partial charge in [-0.05, 0) is 37.6 Å². The highest BCUT2D eigenvalue weighted by atomic mass is 16.2. The molecule has 1 aliphatic heterocycles. The summed E-state index contributed by atoms with van der Waals surface area (Å²) in [4.78, 5) is 32.3. The molecule has 1 N–H and O–H groups in total. The van der Waals surface area contributed by atoms with Crippen LogP contribution in [0, 0.1) is 13.8 Å². The number of carbonyl (C=O) groups is 2. The predicted octanol–water partition coefficient (Wildman–Crippen LogP) is 2.62. The summed E-state index contributed by atoms with van der Waals surface area (Å²) in [6.07, 6.45) is 1.66. The average Bonchev–Trinajstić information content (AvgIpc) is 2.64. The van der Waals surface area contributed by atoms with E-state index in [-0.39, 0.29) is 11.8 Å². The van der Waals surface area contributed by atoms with E-state index in [4.69, 9.17) is 0 Å². The lowest BCUT2D eigenvalue weighted by Crippen LogP contribution is -2.48. The Kier molecular flexibility index (Phi) is 5.21. The van der Waals surface area contributed by atoms with Gasteiger partial charge in [0.2, 0.25) is 5.91 Å². The molecule has 6 heteroatoms. The van der Waals surface area contributed by atoms with Crippen molar-refractivity contribution < 1.29 is 9.59 Å². The van der Waals surface area contributed by atoms with Crippen LogP contribution in [0.15, 0.2) is 36.5 Å². The summed E-state index contributed by atoms with van der Waals surface area (Å²) >= 11 is 0. The van der Waals surface area contributed by atoms with Gasteiger partial charge in [-0.1, -0.05) is 17.7 Å². The molecule has 0 aliphatic carbocycles. The van der Waals surface area contributed by atoms with Crippen molar-refractivity contribution >= 4 is 23.2 Å². The molecular formula is C20H24N4O2. The Labute approximate surface area is 153 Å². The molecule has 0 atom stereocenters. The van der Waals surface area contributed by atoms with E-state index in [1.807, 2.05) is 49.1 Å². The number of benzene rings is 1. The van der Waals surface area contributed by atoms with E-state index in [9.17, 15) is 9.59 Å². The van der Waals surface area contributed by atoms with Gasteiger partial charge in [-0.3, -0.25) is 14.6 Å². The zero-order valence-electron chi connectivity index (χ0n) is 15.5. The third-order valence-corrected chi connectivity index (χ3v) is 4.70. The second-order valence-corrected chi connectivity index (χ2v) is 6.66. The van der Waals surface area contributed by atoms with E-state index in [1.54, 1.807) is 13.1 Å². The third kappa shape index (κ3) is 4.02. The first-order chi connectivity index (χ1) is 12.4. The minimum Gasteiger partial charge on any atom is -0.368 e. The summed E-state index contributed by atoms with van der Waals surface area (Å²) in [5.74, 6) is -0.117. The fraction of sp³-hybridized carbons (Fsp3) is 0.350. The Balaban J connectivity index is 1.71. The molecule has 2 heterocycles. The highest BCUT2D eigenvalue weighted by Gasteiger charge is 2.20. The number of pyridine rings is 1. The summed E-state index contributed by atoms with van der Waals surface area (Å²) in [5.41, 5.74) is 4.31. The van der Waals surface area contributed by atoms with Crippen molar-refractivity contribution in [1.29, 1.82) is 0 Å². The molecule has 2 amide bonds. The number of nitrogens with one attached hydrogen (secondary N) is 1. The van der Waals surface area contributed by atoms with Crippen molar-refractivity contribution in [2.75, 3.05) is 36.4 Å². The van der Waals surface area contributed by atoms with E-state index in [0.29, 0.717) is 18.8 Å². The van der Waals surface area contributed by atoms with Gasteiger partial charge in [-0.25, -0.2) is 0 Å². The quantitative estimate of drug-likeness (QED) is 0.922. The summed E-state index contributed by atoms with van der Waals surface area (Å²) in [6, 6.07) is 9.63. The van der Waals surface area contributed by atoms with Crippen molar-refractivity contribution in [3.63, 3.8) is 0 Å². The van der Waals surface area contributed by atoms with Crippen LogP contribution in [0.1, 0.15) is 28.5 Å². The van der Waals surface area contributed by atoms with Crippen LogP contribution in [0.2, 0.25) is 0 Å². The van der Waals surface area contributed by atoms with Gasteiger partial charge in [0.25, 0.3) is 5.91 Å². The van der Waals surface area contributed by atoms with Crippen molar-refractivity contribution in [2.45, 2.75) is 20.8 Å². The Morgan fingerprint density at radius 1 is 1.04 bits per heavy atom. The molecule has 3 rings (SSSR count). The maximum Gasteiger partial charge on any atom is 0.274 e. The molecule has 1 aromatic carbocycles. The van der Waals surface area contributed by atoms with E-state index in [2.05, 4.69) is 15.2 Å². The van der Waals surface area contributed by atoms with Gasteiger partial charge in [-0.2, -0.15) is 0 Å². The lowest BCUT2D eigenvalue weighted by atomic mass is 10.1. The molecule has 0 radical (unpaired) electrons. The molecular weight excluding hydrogens is 328 g/mol. The standard InChI is InChI=1S/C20H24N4O2/c1-14-4-5-18(15(2)12-14)22-20(26)19-13-17(6-7-21-19)24-10-8-23(9-11-24)16(3)25/h4-7,12-13H,8-11H2,1-3H3,(H,22,26). The number of carbonyl (C=O) groups excluding carboxylic acids is 2. The van der Waals surface area contributed by atoms with Crippen LogP contribution in [-0.2, 0) is 4.79 Å². The molecule has 0 bridgehead atoms. The number of piperazine rings is 1. The van der Waals surface area contributed by atoms with Gasteiger partial charge >= 0.3 is 0 Å². The number of hydrogen-bond acceptors (Lipinski definition) is 4. The van der Waals surface area contributed by atoms with Gasteiger partial charge in [0.1, 0.15) is 5.69 Å². The van der Waals surface area contributed by atoms with Crippen LogP contribution in [-0.4, -0.2) is 47.9 Å². The Bertz CT molecular complexity index is 826. The summed E-state index contributed by atoms with van der Waals surface area (Å²) in [6.45, 7) is 8.49. The fourth-order valence-corrected chi connectivity index (χ4v) is 3.16. The lowest BCUT2D eigenvalue weighted by molar-refractivity contribution is -0.129. The number of aryl methyl sites for hydroxylation is 2. The molecule has 0 saturated carbocycles. The first kappa shape index (κ1) is 17.9. The van der Waals surface area contributed by atoms with Crippen molar-refractivity contribution in [1.82, 2.24) is 9.88 Å². The molecule has 1 aromatic heterocycles. The maximum absolute atomic E-state index is 12.6. The zero-order valence-corrected chi connectivity index (χ0v) is 15.5. The molecule has 0 spiro atoms. The average molecular weight is 352 g/mol. The minimum absolute atomic E-state index is 0.105. The molecule has 1 saturated heterocycles. The number of rotatable bonds is 3. The van der Waals surface area contributed by atoms with E-state index in [1.165, 1.54) is 0 Å².